The molecule has 0 aliphatic rings. The fraction of sp³-hybridized carbons (Fsp3) is 0.381. The molecular weight excluding hydrogens is 507 g/mol. The molecule has 1 amide bonds. The smallest absolute Gasteiger partial charge is 0.322 e. The highest BCUT2D eigenvalue weighted by Gasteiger charge is 2.26. The molecule has 12 heteroatoms. The fourth-order valence-corrected chi connectivity index (χ4v) is 6.27. The number of rotatable bonds is 9. The van der Waals surface area contributed by atoms with Crippen molar-refractivity contribution in [3.8, 4) is 11.5 Å². The Morgan fingerprint density at radius 3 is 2.21 bits per heavy atom. The van der Waals surface area contributed by atoms with E-state index in [4.69, 9.17) is 27.6 Å². The number of hydrogen-bond acceptors (Lipinski definition) is 7. The highest BCUT2D eigenvalue weighted by molar-refractivity contribution is 7.89. The van der Waals surface area contributed by atoms with Gasteiger partial charge in [-0.1, -0.05) is 56.0 Å². The van der Waals surface area contributed by atoms with Crippen molar-refractivity contribution >= 4 is 56.5 Å². The van der Waals surface area contributed by atoms with Gasteiger partial charge in [-0.25, -0.2) is 8.42 Å². The van der Waals surface area contributed by atoms with Crippen LogP contribution in [0.25, 0.3) is 11.5 Å². The number of aromatic nitrogens is 2. The first-order chi connectivity index (χ1) is 15.5. The van der Waals surface area contributed by atoms with E-state index in [2.05, 4.69) is 15.5 Å². The van der Waals surface area contributed by atoms with E-state index in [1.54, 1.807) is 6.07 Å². The number of sulfonamides is 1. The molecule has 0 saturated carbocycles. The number of hydrogen-bond donors (Lipinski definition) is 1. The molecule has 2 heterocycles. The number of carbonyl (C=O) groups is 1. The molecule has 1 aromatic carbocycles. The third-order valence-corrected chi connectivity index (χ3v) is 7.76. The molecule has 0 aliphatic heterocycles. The molecule has 1 N–H and O–H groups in total. The molecule has 3 aromatic rings. The molecule has 0 bridgehead atoms. The van der Waals surface area contributed by atoms with Gasteiger partial charge in [-0.05, 0) is 42.2 Å². The average Bonchev–Trinajstić information content (AvgIpc) is 3.32. The van der Waals surface area contributed by atoms with Crippen LogP contribution in [0.1, 0.15) is 38.1 Å². The predicted octanol–water partition coefficient (Wildman–Crippen LogP) is 5.66. The van der Waals surface area contributed by atoms with Gasteiger partial charge in [0.05, 0.1) is 14.8 Å². The molecule has 0 atom stereocenters. The zero-order chi connectivity index (χ0) is 24.3. The van der Waals surface area contributed by atoms with Gasteiger partial charge in [-0.2, -0.15) is 4.31 Å². The molecule has 8 nitrogen and oxygen atoms in total. The van der Waals surface area contributed by atoms with Gasteiger partial charge in [-0.15, -0.1) is 16.4 Å². The average molecular weight is 531 g/mol. The topological polar surface area (TPSA) is 105 Å². The Morgan fingerprint density at radius 1 is 1.09 bits per heavy atom. The number of benzene rings is 1. The molecule has 0 unspecified atom stereocenters. The van der Waals surface area contributed by atoms with Crippen molar-refractivity contribution in [3.05, 3.63) is 44.6 Å². The van der Waals surface area contributed by atoms with Gasteiger partial charge >= 0.3 is 6.01 Å². The number of nitrogens with one attached hydrogen (secondary N) is 1. The molecular formula is C21H24Cl2N4O4S2. The first-order valence-electron chi connectivity index (χ1n) is 10.2. The van der Waals surface area contributed by atoms with E-state index in [-0.39, 0.29) is 34.2 Å². The van der Waals surface area contributed by atoms with Crippen LogP contribution in [0.4, 0.5) is 6.01 Å². The van der Waals surface area contributed by atoms with Crippen molar-refractivity contribution < 1.29 is 17.6 Å². The summed E-state index contributed by atoms with van der Waals surface area (Å²) in [6.07, 6.45) is 0. The molecule has 33 heavy (non-hydrogen) atoms. The Hall–Kier alpha value is -1.98. The van der Waals surface area contributed by atoms with Crippen molar-refractivity contribution in [1.82, 2.24) is 14.5 Å². The summed E-state index contributed by atoms with van der Waals surface area (Å²) in [7, 11) is -3.68. The maximum Gasteiger partial charge on any atom is 0.322 e. The number of nitrogens with zero attached hydrogens (tertiary/aromatic N) is 3. The lowest BCUT2D eigenvalue weighted by Gasteiger charge is -2.25. The number of thiophene rings is 1. The van der Waals surface area contributed by atoms with Crippen LogP contribution in [0.15, 0.2) is 39.6 Å². The minimum atomic E-state index is -3.68. The summed E-state index contributed by atoms with van der Waals surface area (Å²) >= 11 is 13.2. The van der Waals surface area contributed by atoms with Gasteiger partial charge < -0.3 is 4.42 Å². The van der Waals surface area contributed by atoms with Crippen LogP contribution in [-0.2, 0) is 10.0 Å². The Kier molecular flexibility index (Phi) is 8.17. The van der Waals surface area contributed by atoms with E-state index >= 15 is 0 Å². The largest absolute Gasteiger partial charge is 0.403 e. The maximum absolute atomic E-state index is 13.1. The number of halogens is 2. The Morgan fingerprint density at radius 2 is 1.70 bits per heavy atom. The third-order valence-electron chi connectivity index (χ3n) is 4.42. The van der Waals surface area contributed by atoms with E-state index in [1.807, 2.05) is 27.7 Å². The summed E-state index contributed by atoms with van der Waals surface area (Å²) in [5.41, 5.74) is 0.714. The molecule has 178 valence electrons. The number of anilines is 1. The van der Waals surface area contributed by atoms with Crippen LogP contribution >= 0.6 is 34.5 Å². The quantitative estimate of drug-likeness (QED) is 0.382. The summed E-state index contributed by atoms with van der Waals surface area (Å²) < 4.78 is 34.0. The van der Waals surface area contributed by atoms with E-state index in [0.717, 1.165) is 11.3 Å². The van der Waals surface area contributed by atoms with Crippen LogP contribution in [0.5, 0.6) is 0 Å². The molecule has 0 fully saturated rings. The zero-order valence-electron chi connectivity index (χ0n) is 18.5. The summed E-state index contributed by atoms with van der Waals surface area (Å²) in [4.78, 5) is 12.7. The maximum atomic E-state index is 13.1. The Balaban J connectivity index is 1.74. The summed E-state index contributed by atoms with van der Waals surface area (Å²) in [5, 5.41) is 10.2. The van der Waals surface area contributed by atoms with Crippen LogP contribution in [-0.4, -0.2) is 41.9 Å². The summed E-state index contributed by atoms with van der Waals surface area (Å²) in [6.45, 7) is 8.73. The fourth-order valence-electron chi connectivity index (χ4n) is 3.05. The van der Waals surface area contributed by atoms with Gasteiger partial charge in [0.15, 0.2) is 0 Å². The van der Waals surface area contributed by atoms with Crippen LogP contribution in [0, 0.1) is 11.8 Å². The standard InChI is InChI=1S/C21H24Cl2N4O4S2/c1-12(2)10-27(11-13(3)4)33(29,30)15-7-5-14(6-8-15)19(28)24-21-26-25-20(31-21)16-9-17(22)32-18(16)23/h5-9,12-13H,10-11H2,1-4H3,(H,24,26,28). The van der Waals surface area contributed by atoms with E-state index in [1.165, 1.54) is 28.6 Å². The highest BCUT2D eigenvalue weighted by atomic mass is 35.5. The van der Waals surface area contributed by atoms with Gasteiger partial charge in [0.1, 0.15) is 4.34 Å². The normalized spacial score (nSPS) is 12.2. The van der Waals surface area contributed by atoms with Crippen molar-refractivity contribution in [2.75, 3.05) is 18.4 Å². The van der Waals surface area contributed by atoms with Crippen molar-refractivity contribution in [2.45, 2.75) is 32.6 Å². The lowest BCUT2D eigenvalue weighted by molar-refractivity contribution is 0.102. The predicted molar refractivity (Wildman–Crippen MR) is 130 cm³/mol. The monoisotopic (exact) mass is 530 g/mol. The van der Waals surface area contributed by atoms with E-state index in [0.29, 0.717) is 27.3 Å². The minimum absolute atomic E-state index is 0.120. The minimum Gasteiger partial charge on any atom is -0.403 e. The van der Waals surface area contributed by atoms with Gasteiger partial charge in [0.2, 0.25) is 10.0 Å². The third kappa shape index (κ3) is 6.33. The van der Waals surface area contributed by atoms with Crippen molar-refractivity contribution in [3.63, 3.8) is 0 Å². The lowest BCUT2D eigenvalue weighted by atomic mass is 10.2. The van der Waals surface area contributed by atoms with E-state index < -0.39 is 15.9 Å². The molecule has 0 radical (unpaired) electrons. The number of carbonyl (C=O) groups excluding carboxylic acids is 1. The molecule has 0 aliphatic carbocycles. The summed E-state index contributed by atoms with van der Waals surface area (Å²) in [6, 6.07) is 7.20. The Bertz CT molecular complexity index is 1210. The van der Waals surface area contributed by atoms with Gasteiger partial charge in [-0.3, -0.25) is 10.1 Å². The summed E-state index contributed by atoms with van der Waals surface area (Å²) in [5.74, 6) is -0.0363. The van der Waals surface area contributed by atoms with Crippen molar-refractivity contribution in [2.24, 2.45) is 11.8 Å². The SMILES string of the molecule is CC(C)CN(CC(C)C)S(=O)(=O)c1ccc(C(=O)Nc2nnc(-c3cc(Cl)sc3Cl)o2)cc1. The molecule has 0 saturated heterocycles. The second-order valence-corrected chi connectivity index (χ2v) is 12.5. The Labute approximate surface area is 207 Å². The van der Waals surface area contributed by atoms with Gasteiger partial charge in [0, 0.05) is 18.7 Å². The number of amides is 1. The first kappa shape index (κ1) is 25.6. The lowest BCUT2D eigenvalue weighted by Crippen LogP contribution is -2.37. The van der Waals surface area contributed by atoms with Crippen LogP contribution in [0.2, 0.25) is 8.67 Å². The highest BCUT2D eigenvalue weighted by Crippen LogP contribution is 2.37. The second-order valence-electron chi connectivity index (χ2n) is 8.24. The van der Waals surface area contributed by atoms with Crippen LogP contribution in [0.3, 0.4) is 0 Å². The molecule has 2 aromatic heterocycles. The first-order valence-corrected chi connectivity index (χ1v) is 13.2. The van der Waals surface area contributed by atoms with E-state index in [9.17, 15) is 13.2 Å². The second kappa shape index (κ2) is 10.5. The van der Waals surface area contributed by atoms with Gasteiger partial charge in [0.25, 0.3) is 11.8 Å². The molecule has 3 rings (SSSR count). The van der Waals surface area contributed by atoms with Crippen molar-refractivity contribution in [1.29, 1.82) is 0 Å². The zero-order valence-corrected chi connectivity index (χ0v) is 21.6. The van der Waals surface area contributed by atoms with Crippen LogP contribution < -0.4 is 5.32 Å². The molecule has 0 spiro atoms.